The van der Waals surface area contributed by atoms with Crippen molar-refractivity contribution in [1.82, 2.24) is 14.9 Å². The van der Waals surface area contributed by atoms with Crippen molar-refractivity contribution in [3.8, 4) is 11.1 Å². The number of benzene rings is 2. The maximum absolute atomic E-state index is 13.2. The zero-order valence-corrected chi connectivity index (χ0v) is 18.6. The van der Waals surface area contributed by atoms with Crippen molar-refractivity contribution in [2.75, 3.05) is 5.75 Å². The first-order valence-electron chi connectivity index (χ1n) is 10.1. The van der Waals surface area contributed by atoms with Crippen LogP contribution in [0.2, 0.25) is 0 Å². The van der Waals surface area contributed by atoms with Crippen molar-refractivity contribution in [2.24, 2.45) is 0 Å². The fourth-order valence-corrected chi connectivity index (χ4v) is 5.94. The minimum absolute atomic E-state index is 0.0263. The molecule has 1 N–H and O–H groups in total. The first-order valence-corrected chi connectivity index (χ1v) is 12.0. The molecule has 4 aromatic rings. The monoisotopic (exact) mass is 447 g/mol. The number of fused-ring (bicyclic) bond motifs is 2. The predicted octanol–water partition coefficient (Wildman–Crippen LogP) is 4.79. The first-order chi connectivity index (χ1) is 15.1. The van der Waals surface area contributed by atoms with E-state index >= 15 is 0 Å². The Hall–Kier alpha value is -2.90. The lowest BCUT2D eigenvalue weighted by molar-refractivity contribution is -0.122. The van der Waals surface area contributed by atoms with Gasteiger partial charge >= 0.3 is 0 Å². The van der Waals surface area contributed by atoms with E-state index in [-0.39, 0.29) is 24.1 Å². The molecule has 0 saturated carbocycles. The van der Waals surface area contributed by atoms with E-state index in [0.717, 1.165) is 34.4 Å². The number of hydrogen-bond acceptors (Lipinski definition) is 5. The summed E-state index contributed by atoms with van der Waals surface area (Å²) in [6.45, 7) is 1.99. The molecule has 2 aromatic carbocycles. The molecule has 0 spiro atoms. The molecule has 2 aromatic heterocycles. The van der Waals surface area contributed by atoms with Crippen LogP contribution in [0.5, 0.6) is 0 Å². The third kappa shape index (κ3) is 3.91. The Morgan fingerprint density at radius 3 is 2.84 bits per heavy atom. The molecule has 31 heavy (non-hydrogen) atoms. The molecule has 3 heterocycles. The van der Waals surface area contributed by atoms with Gasteiger partial charge in [-0.1, -0.05) is 48.0 Å². The lowest BCUT2D eigenvalue weighted by Gasteiger charge is -2.26. The summed E-state index contributed by atoms with van der Waals surface area (Å²) in [7, 11) is 0. The van der Waals surface area contributed by atoms with Crippen LogP contribution >= 0.6 is 23.1 Å². The number of aromatic nitrogens is 2. The number of thioether (sulfide) groups is 1. The average molecular weight is 448 g/mol. The second kappa shape index (κ2) is 8.32. The molecule has 0 fully saturated rings. The Morgan fingerprint density at radius 1 is 1.19 bits per heavy atom. The van der Waals surface area contributed by atoms with Crippen LogP contribution < -0.4 is 10.9 Å². The van der Waals surface area contributed by atoms with Crippen LogP contribution in [0.3, 0.4) is 0 Å². The zero-order chi connectivity index (χ0) is 21.4. The number of thiophene rings is 1. The van der Waals surface area contributed by atoms with Gasteiger partial charge in [0, 0.05) is 21.6 Å². The molecule has 0 bridgehead atoms. The number of carbonyl (C=O) groups is 1. The van der Waals surface area contributed by atoms with E-state index < -0.39 is 0 Å². The number of nitrogens with one attached hydrogen (secondary N) is 1. The standard InChI is InChI=1S/C24H21N3O2S2/c1-15-6-8-16(9-7-15)18-13-31-23-22(18)24(29)27(14-25-23)12-21(28)26-19-10-11-30-20-5-3-2-4-17(19)20/h2-9,13-14,19H,10-12H2,1H3,(H,26,28)/t19-/m0/s1. The third-order valence-corrected chi connectivity index (χ3v) is 7.54. The lowest BCUT2D eigenvalue weighted by atomic mass is 10.0. The summed E-state index contributed by atoms with van der Waals surface area (Å²) >= 11 is 3.26. The summed E-state index contributed by atoms with van der Waals surface area (Å²) in [5.74, 6) is 0.784. The van der Waals surface area contributed by atoms with E-state index in [1.165, 1.54) is 27.1 Å². The molecule has 1 amide bonds. The highest BCUT2D eigenvalue weighted by Gasteiger charge is 2.22. The maximum Gasteiger partial charge on any atom is 0.263 e. The highest BCUT2D eigenvalue weighted by molar-refractivity contribution is 7.99. The van der Waals surface area contributed by atoms with Crippen molar-refractivity contribution in [3.63, 3.8) is 0 Å². The lowest BCUT2D eigenvalue weighted by Crippen LogP contribution is -2.35. The van der Waals surface area contributed by atoms with Crippen LogP contribution in [0.1, 0.15) is 23.6 Å². The van der Waals surface area contributed by atoms with Gasteiger partial charge in [0.05, 0.1) is 17.8 Å². The smallest absolute Gasteiger partial charge is 0.263 e. The van der Waals surface area contributed by atoms with E-state index in [4.69, 9.17) is 0 Å². The second-order valence-corrected chi connectivity index (χ2v) is 9.66. The van der Waals surface area contributed by atoms with E-state index in [9.17, 15) is 9.59 Å². The summed E-state index contributed by atoms with van der Waals surface area (Å²) in [5.41, 5.74) is 3.97. The van der Waals surface area contributed by atoms with Gasteiger partial charge in [0.25, 0.3) is 5.56 Å². The van der Waals surface area contributed by atoms with Crippen molar-refractivity contribution in [1.29, 1.82) is 0 Å². The SMILES string of the molecule is Cc1ccc(-c2csc3ncn(CC(=O)N[C@H]4CCSc5ccccc54)c(=O)c23)cc1. The molecule has 0 unspecified atom stereocenters. The highest BCUT2D eigenvalue weighted by atomic mass is 32.2. The topological polar surface area (TPSA) is 64.0 Å². The molecule has 1 atom stereocenters. The third-order valence-electron chi connectivity index (χ3n) is 5.53. The molecule has 0 radical (unpaired) electrons. The van der Waals surface area contributed by atoms with Crippen molar-refractivity contribution in [2.45, 2.75) is 30.8 Å². The van der Waals surface area contributed by atoms with E-state index in [2.05, 4.69) is 22.4 Å². The van der Waals surface area contributed by atoms with Crippen LogP contribution in [0.25, 0.3) is 21.3 Å². The van der Waals surface area contributed by atoms with Gasteiger partial charge in [-0.15, -0.1) is 23.1 Å². The van der Waals surface area contributed by atoms with Crippen molar-refractivity contribution in [3.05, 3.63) is 81.7 Å². The van der Waals surface area contributed by atoms with E-state index in [0.29, 0.717) is 10.2 Å². The Balaban J connectivity index is 1.42. The average Bonchev–Trinajstić information content (AvgIpc) is 3.21. The Morgan fingerprint density at radius 2 is 2.00 bits per heavy atom. The zero-order valence-electron chi connectivity index (χ0n) is 17.0. The maximum atomic E-state index is 13.2. The van der Waals surface area contributed by atoms with Crippen LogP contribution in [0, 0.1) is 6.92 Å². The molecule has 1 aliphatic rings. The number of aryl methyl sites for hydroxylation is 1. The molecular weight excluding hydrogens is 426 g/mol. The summed E-state index contributed by atoms with van der Waals surface area (Å²) in [5, 5.41) is 5.64. The summed E-state index contributed by atoms with van der Waals surface area (Å²) in [6.07, 6.45) is 2.35. The Bertz CT molecular complexity index is 1320. The van der Waals surface area contributed by atoms with Gasteiger partial charge in [-0.3, -0.25) is 14.2 Å². The van der Waals surface area contributed by atoms with Gasteiger partial charge in [-0.05, 0) is 30.5 Å². The molecular formula is C24H21N3O2S2. The van der Waals surface area contributed by atoms with Crippen LogP contribution in [-0.2, 0) is 11.3 Å². The number of amides is 1. The minimum Gasteiger partial charge on any atom is -0.348 e. The van der Waals surface area contributed by atoms with Crippen LogP contribution in [0.15, 0.2) is 69.9 Å². The summed E-state index contributed by atoms with van der Waals surface area (Å²) in [6, 6.07) is 16.2. The number of rotatable bonds is 4. The molecule has 5 nitrogen and oxygen atoms in total. The largest absolute Gasteiger partial charge is 0.348 e. The molecule has 0 aliphatic carbocycles. The fraction of sp³-hybridized carbons (Fsp3) is 0.208. The quantitative estimate of drug-likeness (QED) is 0.489. The Labute approximate surface area is 188 Å². The van der Waals surface area contributed by atoms with Crippen LogP contribution in [-0.4, -0.2) is 21.2 Å². The molecule has 0 saturated heterocycles. The van der Waals surface area contributed by atoms with Gasteiger partial charge in [-0.25, -0.2) is 4.98 Å². The molecule has 7 heteroatoms. The van der Waals surface area contributed by atoms with Gasteiger partial charge in [0.15, 0.2) is 0 Å². The van der Waals surface area contributed by atoms with Gasteiger partial charge in [0.1, 0.15) is 11.4 Å². The van der Waals surface area contributed by atoms with Gasteiger partial charge < -0.3 is 5.32 Å². The van der Waals surface area contributed by atoms with E-state index in [1.807, 2.05) is 60.5 Å². The number of hydrogen-bond donors (Lipinski definition) is 1. The summed E-state index contributed by atoms with van der Waals surface area (Å²) < 4.78 is 1.41. The summed E-state index contributed by atoms with van der Waals surface area (Å²) in [4.78, 5) is 32.4. The number of nitrogens with zero attached hydrogens (tertiary/aromatic N) is 2. The van der Waals surface area contributed by atoms with Gasteiger partial charge in [-0.2, -0.15) is 0 Å². The van der Waals surface area contributed by atoms with E-state index in [1.54, 1.807) is 0 Å². The minimum atomic E-state index is -0.184. The second-order valence-electron chi connectivity index (χ2n) is 7.67. The van der Waals surface area contributed by atoms with Crippen LogP contribution in [0.4, 0.5) is 0 Å². The predicted molar refractivity (Wildman–Crippen MR) is 127 cm³/mol. The number of carbonyl (C=O) groups excluding carboxylic acids is 1. The molecule has 5 rings (SSSR count). The highest BCUT2D eigenvalue weighted by Crippen LogP contribution is 2.35. The first kappa shape index (κ1) is 20.0. The normalized spacial score (nSPS) is 15.6. The Kier molecular flexibility index (Phi) is 5.38. The van der Waals surface area contributed by atoms with Crippen molar-refractivity contribution >= 4 is 39.2 Å². The van der Waals surface area contributed by atoms with Crippen molar-refractivity contribution < 1.29 is 4.79 Å². The molecule has 156 valence electrons. The van der Waals surface area contributed by atoms with Gasteiger partial charge in [0.2, 0.25) is 5.91 Å². The molecule has 1 aliphatic heterocycles. The fourth-order valence-electron chi connectivity index (χ4n) is 3.91.